The Morgan fingerprint density at radius 2 is 1.32 bits per heavy atom. The Kier molecular flexibility index (Phi) is 7.18. The van der Waals surface area contributed by atoms with E-state index in [1.165, 1.54) is 16.9 Å². The normalized spacial score (nSPS) is 9.21. The van der Waals surface area contributed by atoms with Gasteiger partial charge in [-0.05, 0) is 36.8 Å². The first-order valence-corrected chi connectivity index (χ1v) is 6.94. The number of nitrogens with one attached hydrogen (secondary N) is 2. The van der Waals surface area contributed by atoms with Crippen LogP contribution in [0.3, 0.4) is 0 Å². The van der Waals surface area contributed by atoms with Gasteiger partial charge < -0.3 is 10.6 Å². The maximum Gasteiger partial charge on any atom is 0.0343 e. The second-order valence-electron chi connectivity index (χ2n) is 4.09. The molecular weight excluding hydrogens is 232 g/mol. The molecule has 0 aromatic heterocycles. The molecule has 0 fully saturated rings. The smallest absolute Gasteiger partial charge is 0.0343 e. The lowest BCUT2D eigenvalue weighted by molar-refractivity contribution is 1.08. The van der Waals surface area contributed by atoms with E-state index in [1.54, 1.807) is 0 Å². The number of benzene rings is 2. The van der Waals surface area contributed by atoms with Gasteiger partial charge in [0.05, 0.1) is 0 Å². The van der Waals surface area contributed by atoms with E-state index in [-0.39, 0.29) is 0 Å². The minimum absolute atomic E-state index is 0.915. The number of para-hydroxylation sites is 1. The summed E-state index contributed by atoms with van der Waals surface area (Å²) < 4.78 is 0. The fourth-order valence-corrected chi connectivity index (χ4v) is 1.72. The molecule has 2 N–H and O–H groups in total. The highest BCUT2D eigenvalue weighted by Gasteiger charge is 1.92. The molecule has 0 bridgehead atoms. The summed E-state index contributed by atoms with van der Waals surface area (Å²) in [4.78, 5) is 0. The van der Waals surface area contributed by atoms with Gasteiger partial charge in [-0.3, -0.25) is 0 Å². The average Bonchev–Trinajstić information content (AvgIpc) is 2.47. The molecule has 2 rings (SSSR count). The van der Waals surface area contributed by atoms with Crippen LogP contribution < -0.4 is 10.6 Å². The largest absolute Gasteiger partial charge is 0.383 e. The van der Waals surface area contributed by atoms with Gasteiger partial charge in [0.1, 0.15) is 0 Å². The van der Waals surface area contributed by atoms with Crippen molar-refractivity contribution < 1.29 is 0 Å². The molecule has 102 valence electrons. The molecule has 0 aliphatic carbocycles. The van der Waals surface area contributed by atoms with E-state index < -0.39 is 0 Å². The maximum absolute atomic E-state index is 3.39. The Morgan fingerprint density at radius 3 is 1.95 bits per heavy atom. The number of rotatable bonds is 5. The topological polar surface area (TPSA) is 24.1 Å². The number of anilines is 2. The number of hydrogen-bond donors (Lipinski definition) is 2. The van der Waals surface area contributed by atoms with Crippen LogP contribution in [0.25, 0.3) is 0 Å². The van der Waals surface area contributed by atoms with E-state index in [2.05, 4.69) is 54.0 Å². The van der Waals surface area contributed by atoms with Crippen molar-refractivity contribution in [2.24, 2.45) is 0 Å². The molecule has 0 amide bonds. The molecule has 0 unspecified atom stereocenters. The molecule has 0 aliphatic rings. The molecule has 0 saturated heterocycles. The van der Waals surface area contributed by atoms with Gasteiger partial charge in [0.25, 0.3) is 0 Å². The van der Waals surface area contributed by atoms with Gasteiger partial charge in [0.15, 0.2) is 0 Å². The van der Waals surface area contributed by atoms with E-state index in [9.17, 15) is 0 Å². The molecule has 2 aromatic rings. The van der Waals surface area contributed by atoms with Crippen molar-refractivity contribution in [3.05, 3.63) is 60.2 Å². The second-order valence-corrected chi connectivity index (χ2v) is 4.09. The highest BCUT2D eigenvalue weighted by Crippen LogP contribution is 2.09. The predicted molar refractivity (Wildman–Crippen MR) is 85.9 cm³/mol. The first kappa shape index (κ1) is 15.1. The second kappa shape index (κ2) is 9.03. The van der Waals surface area contributed by atoms with E-state index in [0.717, 1.165) is 13.1 Å². The van der Waals surface area contributed by atoms with Crippen LogP contribution in [-0.4, -0.2) is 13.1 Å². The third kappa shape index (κ3) is 5.96. The fraction of sp³-hybridized carbons (Fsp3) is 0.294. The maximum atomic E-state index is 3.39. The molecule has 0 spiro atoms. The summed E-state index contributed by atoms with van der Waals surface area (Å²) in [5.74, 6) is 0. The summed E-state index contributed by atoms with van der Waals surface area (Å²) in [5, 5.41) is 6.76. The Labute approximate surface area is 116 Å². The standard InChI is InChI=1S/C15H18N2.C2H6/c1-13-6-5-9-15(12-13)17-11-10-16-14-7-3-2-4-8-14;1-2/h2-9,12,16-17H,10-11H2,1H3;1-2H3. The lowest BCUT2D eigenvalue weighted by Crippen LogP contribution is -2.13. The third-order valence-corrected chi connectivity index (χ3v) is 2.58. The van der Waals surface area contributed by atoms with Crippen molar-refractivity contribution in [2.45, 2.75) is 20.8 Å². The van der Waals surface area contributed by atoms with Crippen LogP contribution in [0, 0.1) is 6.92 Å². The van der Waals surface area contributed by atoms with Crippen LogP contribution in [0.2, 0.25) is 0 Å². The van der Waals surface area contributed by atoms with Gasteiger partial charge >= 0.3 is 0 Å². The number of hydrogen-bond acceptors (Lipinski definition) is 2. The molecule has 0 aliphatic heterocycles. The van der Waals surface area contributed by atoms with Crippen LogP contribution in [0.5, 0.6) is 0 Å². The van der Waals surface area contributed by atoms with E-state index >= 15 is 0 Å². The lowest BCUT2D eigenvalue weighted by atomic mass is 10.2. The summed E-state index contributed by atoms with van der Waals surface area (Å²) in [6.45, 7) is 7.93. The molecular formula is C17H24N2. The summed E-state index contributed by atoms with van der Waals surface area (Å²) in [5.41, 5.74) is 3.63. The van der Waals surface area contributed by atoms with E-state index in [0.29, 0.717) is 0 Å². The molecule has 0 radical (unpaired) electrons. The van der Waals surface area contributed by atoms with Gasteiger partial charge in [-0.15, -0.1) is 0 Å². The molecule has 2 nitrogen and oxygen atoms in total. The van der Waals surface area contributed by atoms with Crippen LogP contribution in [-0.2, 0) is 0 Å². The molecule has 0 saturated carbocycles. The Bertz CT molecular complexity index is 452. The van der Waals surface area contributed by atoms with Crippen molar-refractivity contribution in [2.75, 3.05) is 23.7 Å². The van der Waals surface area contributed by atoms with Crippen molar-refractivity contribution in [3.63, 3.8) is 0 Å². The molecule has 2 aromatic carbocycles. The van der Waals surface area contributed by atoms with Crippen molar-refractivity contribution in [1.29, 1.82) is 0 Å². The predicted octanol–water partition coefficient (Wildman–Crippen LogP) is 4.55. The molecule has 19 heavy (non-hydrogen) atoms. The fourth-order valence-electron chi connectivity index (χ4n) is 1.72. The SMILES string of the molecule is CC.Cc1cccc(NCCNc2ccccc2)c1. The Hall–Kier alpha value is -1.96. The summed E-state index contributed by atoms with van der Waals surface area (Å²) >= 11 is 0. The minimum atomic E-state index is 0.915. The lowest BCUT2D eigenvalue weighted by Gasteiger charge is -2.09. The van der Waals surface area contributed by atoms with Gasteiger partial charge in [-0.1, -0.05) is 44.2 Å². The third-order valence-electron chi connectivity index (χ3n) is 2.58. The molecule has 0 heterocycles. The highest BCUT2D eigenvalue weighted by molar-refractivity contribution is 5.46. The summed E-state index contributed by atoms with van der Waals surface area (Å²) in [7, 11) is 0. The Balaban J connectivity index is 0.000000861. The average molecular weight is 256 g/mol. The van der Waals surface area contributed by atoms with Crippen LogP contribution in [0.15, 0.2) is 54.6 Å². The van der Waals surface area contributed by atoms with Crippen LogP contribution in [0.4, 0.5) is 11.4 Å². The van der Waals surface area contributed by atoms with Crippen molar-refractivity contribution in [3.8, 4) is 0 Å². The minimum Gasteiger partial charge on any atom is -0.383 e. The Morgan fingerprint density at radius 1 is 0.737 bits per heavy atom. The zero-order valence-corrected chi connectivity index (χ0v) is 12.1. The van der Waals surface area contributed by atoms with Gasteiger partial charge in [0.2, 0.25) is 0 Å². The highest BCUT2D eigenvalue weighted by atomic mass is 14.9. The monoisotopic (exact) mass is 256 g/mol. The van der Waals surface area contributed by atoms with Crippen LogP contribution >= 0.6 is 0 Å². The van der Waals surface area contributed by atoms with Crippen molar-refractivity contribution >= 4 is 11.4 Å². The van der Waals surface area contributed by atoms with Crippen molar-refractivity contribution in [1.82, 2.24) is 0 Å². The van der Waals surface area contributed by atoms with E-state index in [4.69, 9.17) is 0 Å². The molecule has 0 atom stereocenters. The quantitative estimate of drug-likeness (QED) is 0.767. The van der Waals surface area contributed by atoms with Gasteiger partial charge in [-0.2, -0.15) is 0 Å². The summed E-state index contributed by atoms with van der Waals surface area (Å²) in [6.07, 6.45) is 0. The number of aryl methyl sites for hydroxylation is 1. The summed E-state index contributed by atoms with van der Waals surface area (Å²) in [6, 6.07) is 18.7. The molecule has 2 heteroatoms. The van der Waals surface area contributed by atoms with Crippen LogP contribution in [0.1, 0.15) is 19.4 Å². The zero-order valence-electron chi connectivity index (χ0n) is 12.1. The first-order chi connectivity index (χ1) is 9.34. The van der Waals surface area contributed by atoms with Gasteiger partial charge in [-0.25, -0.2) is 0 Å². The van der Waals surface area contributed by atoms with E-state index in [1.807, 2.05) is 32.0 Å². The zero-order chi connectivity index (χ0) is 13.9. The van der Waals surface area contributed by atoms with Gasteiger partial charge in [0, 0.05) is 24.5 Å². The first-order valence-electron chi connectivity index (χ1n) is 6.94.